The number of pyridine rings is 1. The van der Waals surface area contributed by atoms with Crippen molar-refractivity contribution in [3.05, 3.63) is 47.7 Å². The molecule has 21 heavy (non-hydrogen) atoms. The summed E-state index contributed by atoms with van der Waals surface area (Å²) in [5, 5.41) is 5.93. The first-order chi connectivity index (χ1) is 10.2. The van der Waals surface area contributed by atoms with Gasteiger partial charge in [0.1, 0.15) is 5.75 Å². The molecular formula is C16H17N3O2. The van der Waals surface area contributed by atoms with Gasteiger partial charge in [-0.15, -0.1) is 0 Å². The summed E-state index contributed by atoms with van der Waals surface area (Å²) in [4.78, 5) is 15.6. The van der Waals surface area contributed by atoms with Crippen molar-refractivity contribution in [2.24, 2.45) is 0 Å². The van der Waals surface area contributed by atoms with Crippen molar-refractivity contribution in [1.29, 1.82) is 0 Å². The third-order valence-electron chi connectivity index (χ3n) is 3.37. The van der Waals surface area contributed by atoms with E-state index in [1.54, 1.807) is 6.20 Å². The van der Waals surface area contributed by atoms with Crippen LogP contribution in [0.4, 0.5) is 5.69 Å². The molecule has 0 saturated carbocycles. The summed E-state index contributed by atoms with van der Waals surface area (Å²) < 4.78 is 5.76. The normalized spacial score (nSPS) is 13.5. The van der Waals surface area contributed by atoms with Gasteiger partial charge in [-0.25, -0.2) is 4.98 Å². The van der Waals surface area contributed by atoms with Crippen molar-refractivity contribution in [3.8, 4) is 11.6 Å². The Morgan fingerprint density at radius 1 is 1.29 bits per heavy atom. The number of ether oxygens (including phenoxy) is 1. The number of hydrogen-bond acceptors (Lipinski definition) is 4. The van der Waals surface area contributed by atoms with Gasteiger partial charge in [-0.05, 0) is 42.8 Å². The molecular weight excluding hydrogens is 266 g/mol. The van der Waals surface area contributed by atoms with Gasteiger partial charge in [-0.3, -0.25) is 4.79 Å². The number of rotatable bonds is 4. The lowest BCUT2D eigenvalue weighted by atomic mass is 10.0. The first-order valence-corrected chi connectivity index (χ1v) is 6.95. The smallest absolute Gasteiger partial charge is 0.224 e. The van der Waals surface area contributed by atoms with Gasteiger partial charge >= 0.3 is 0 Å². The number of carbonyl (C=O) groups is 1. The zero-order chi connectivity index (χ0) is 14.7. The number of benzene rings is 1. The molecule has 1 aliphatic rings. The molecule has 0 bridgehead atoms. The number of carbonyl (C=O) groups excluding carboxylic acids is 1. The van der Waals surface area contributed by atoms with E-state index < -0.39 is 0 Å². The fourth-order valence-corrected chi connectivity index (χ4v) is 2.32. The molecule has 3 rings (SSSR count). The molecule has 0 aliphatic carbocycles. The number of fused-ring (bicyclic) bond motifs is 1. The lowest BCUT2D eigenvalue weighted by molar-refractivity contribution is -0.116. The van der Waals surface area contributed by atoms with Gasteiger partial charge in [0.05, 0.1) is 0 Å². The number of anilines is 1. The van der Waals surface area contributed by atoms with Gasteiger partial charge < -0.3 is 15.4 Å². The Bertz CT molecular complexity index is 653. The molecule has 0 spiro atoms. The molecule has 0 fully saturated rings. The summed E-state index contributed by atoms with van der Waals surface area (Å²) in [6.07, 6.45) is 3.06. The van der Waals surface area contributed by atoms with Crippen LogP contribution in [0.1, 0.15) is 17.5 Å². The molecule has 5 heteroatoms. The molecule has 2 N–H and O–H groups in total. The lowest BCUT2D eigenvalue weighted by Crippen LogP contribution is -2.18. The fourth-order valence-electron chi connectivity index (χ4n) is 2.32. The molecule has 1 aliphatic heterocycles. The first-order valence-electron chi connectivity index (χ1n) is 6.95. The Morgan fingerprint density at radius 2 is 2.19 bits per heavy atom. The van der Waals surface area contributed by atoms with E-state index in [1.807, 2.05) is 37.4 Å². The van der Waals surface area contributed by atoms with Crippen LogP contribution in [0.2, 0.25) is 0 Å². The monoisotopic (exact) mass is 283 g/mol. The third kappa shape index (κ3) is 3.20. The van der Waals surface area contributed by atoms with Crippen molar-refractivity contribution in [2.45, 2.75) is 19.4 Å². The van der Waals surface area contributed by atoms with E-state index in [9.17, 15) is 4.79 Å². The van der Waals surface area contributed by atoms with E-state index in [1.165, 1.54) is 0 Å². The average Bonchev–Trinajstić information content (AvgIpc) is 2.50. The summed E-state index contributed by atoms with van der Waals surface area (Å²) >= 11 is 0. The van der Waals surface area contributed by atoms with Crippen LogP contribution in [0.15, 0.2) is 36.5 Å². The maximum atomic E-state index is 11.3. The number of nitrogens with zero attached hydrogens (tertiary/aromatic N) is 1. The van der Waals surface area contributed by atoms with Crippen LogP contribution in [0.5, 0.6) is 11.6 Å². The molecule has 1 aromatic heterocycles. The summed E-state index contributed by atoms with van der Waals surface area (Å²) in [5.74, 6) is 1.37. The first kappa shape index (κ1) is 13.6. The zero-order valence-electron chi connectivity index (χ0n) is 11.8. The highest BCUT2D eigenvalue weighted by molar-refractivity contribution is 5.94. The minimum atomic E-state index is 0.0676. The van der Waals surface area contributed by atoms with Crippen LogP contribution in [0.3, 0.4) is 0 Å². The van der Waals surface area contributed by atoms with E-state index in [0.29, 0.717) is 12.3 Å². The van der Waals surface area contributed by atoms with Crippen molar-refractivity contribution >= 4 is 11.6 Å². The molecule has 108 valence electrons. The summed E-state index contributed by atoms with van der Waals surface area (Å²) in [7, 11) is 1.90. The third-order valence-corrected chi connectivity index (χ3v) is 3.37. The highest BCUT2D eigenvalue weighted by Crippen LogP contribution is 2.28. The highest BCUT2D eigenvalue weighted by atomic mass is 16.5. The highest BCUT2D eigenvalue weighted by Gasteiger charge is 2.15. The number of aryl methyl sites for hydroxylation is 1. The van der Waals surface area contributed by atoms with Crippen LogP contribution in [-0.4, -0.2) is 17.9 Å². The molecule has 0 unspecified atom stereocenters. The maximum Gasteiger partial charge on any atom is 0.224 e. The van der Waals surface area contributed by atoms with Crippen LogP contribution in [-0.2, 0) is 17.8 Å². The van der Waals surface area contributed by atoms with Crippen molar-refractivity contribution in [2.75, 3.05) is 12.4 Å². The largest absolute Gasteiger partial charge is 0.439 e. The molecule has 2 aromatic rings. The van der Waals surface area contributed by atoms with E-state index in [4.69, 9.17) is 4.74 Å². The van der Waals surface area contributed by atoms with Crippen LogP contribution >= 0.6 is 0 Å². The van der Waals surface area contributed by atoms with Gasteiger partial charge in [-0.1, -0.05) is 6.07 Å². The number of hydrogen-bond donors (Lipinski definition) is 2. The van der Waals surface area contributed by atoms with Crippen molar-refractivity contribution in [1.82, 2.24) is 10.3 Å². The molecule has 0 saturated heterocycles. The van der Waals surface area contributed by atoms with Crippen molar-refractivity contribution < 1.29 is 9.53 Å². The fraction of sp³-hybridized carbons (Fsp3) is 0.250. The standard InChI is InChI=1S/C16H17N3O2/c1-17-9-11-2-7-16(18-10-11)21-13-4-5-14-12(8-13)3-6-15(20)19-14/h2,4-5,7-8,10,17H,3,6,9H2,1H3,(H,19,20). The Kier molecular flexibility index (Phi) is 3.83. The summed E-state index contributed by atoms with van der Waals surface area (Å²) in [5.41, 5.74) is 3.08. The van der Waals surface area contributed by atoms with Crippen LogP contribution < -0.4 is 15.4 Å². The van der Waals surface area contributed by atoms with Gasteiger partial charge in [0.25, 0.3) is 0 Å². The van der Waals surface area contributed by atoms with E-state index in [2.05, 4.69) is 15.6 Å². The average molecular weight is 283 g/mol. The second-order valence-electron chi connectivity index (χ2n) is 5.00. The van der Waals surface area contributed by atoms with E-state index in [-0.39, 0.29) is 5.91 Å². The van der Waals surface area contributed by atoms with E-state index >= 15 is 0 Å². The van der Waals surface area contributed by atoms with Crippen molar-refractivity contribution in [3.63, 3.8) is 0 Å². The van der Waals surface area contributed by atoms with Crippen LogP contribution in [0, 0.1) is 0 Å². The van der Waals surface area contributed by atoms with Gasteiger partial charge in [-0.2, -0.15) is 0 Å². The predicted molar refractivity (Wildman–Crippen MR) is 80.5 cm³/mol. The molecule has 0 radical (unpaired) electrons. The second-order valence-corrected chi connectivity index (χ2v) is 5.00. The molecule has 1 amide bonds. The van der Waals surface area contributed by atoms with Gasteiger partial charge in [0.2, 0.25) is 11.8 Å². The van der Waals surface area contributed by atoms with E-state index in [0.717, 1.165) is 35.5 Å². The number of nitrogens with one attached hydrogen (secondary N) is 2. The number of aromatic nitrogens is 1. The van der Waals surface area contributed by atoms with Crippen LogP contribution in [0.25, 0.3) is 0 Å². The minimum Gasteiger partial charge on any atom is -0.439 e. The predicted octanol–water partition coefficient (Wildman–Crippen LogP) is 2.48. The molecule has 5 nitrogen and oxygen atoms in total. The van der Waals surface area contributed by atoms with Gasteiger partial charge in [0.15, 0.2) is 0 Å². The Labute approximate surface area is 123 Å². The molecule has 0 atom stereocenters. The Morgan fingerprint density at radius 3 is 2.95 bits per heavy atom. The minimum absolute atomic E-state index is 0.0676. The Hall–Kier alpha value is -2.40. The van der Waals surface area contributed by atoms with Gasteiger partial charge in [0, 0.05) is 30.9 Å². The Balaban J connectivity index is 1.74. The summed E-state index contributed by atoms with van der Waals surface area (Å²) in [6, 6.07) is 9.51. The zero-order valence-corrected chi connectivity index (χ0v) is 11.8. The lowest BCUT2D eigenvalue weighted by Gasteiger charge is -2.17. The molecule has 2 heterocycles. The topological polar surface area (TPSA) is 63.2 Å². The molecule has 1 aromatic carbocycles. The maximum absolute atomic E-state index is 11.3. The summed E-state index contributed by atoms with van der Waals surface area (Å²) in [6.45, 7) is 0.784. The number of amides is 1. The second kappa shape index (κ2) is 5.93. The quantitative estimate of drug-likeness (QED) is 0.905. The SMILES string of the molecule is CNCc1ccc(Oc2ccc3c(c2)CCC(=O)N3)nc1.